The minimum Gasteiger partial charge on any atom is -0.619 e. The van der Waals surface area contributed by atoms with Gasteiger partial charge in [0.2, 0.25) is 0 Å². The number of hydrogen-bond donors (Lipinski definition) is 1. The first-order valence-electron chi connectivity index (χ1n) is 5.33. The smallest absolute Gasteiger partial charge is 0.261 e. The molecule has 0 spiro atoms. The van der Waals surface area contributed by atoms with Crippen LogP contribution >= 0.6 is 11.8 Å². The maximum Gasteiger partial charge on any atom is 0.261 e. The molecule has 0 fully saturated rings. The fourth-order valence-electron chi connectivity index (χ4n) is 1.49. The molecular weight excluding hydrogens is 248 g/mol. The highest BCUT2D eigenvalue weighted by Crippen LogP contribution is 2.19. The fourth-order valence-corrected chi connectivity index (χ4v) is 1.95. The van der Waals surface area contributed by atoms with Crippen molar-refractivity contribution in [1.82, 2.24) is 0 Å². The second kappa shape index (κ2) is 5.55. The number of benzene rings is 1. The van der Waals surface area contributed by atoms with Gasteiger partial charge >= 0.3 is 0 Å². The van der Waals surface area contributed by atoms with E-state index in [2.05, 4.69) is 5.32 Å². The zero-order chi connectivity index (χ0) is 13.0. The topological polar surface area (TPSA) is 56.0 Å². The second-order valence-corrected chi connectivity index (χ2v) is 4.52. The minimum absolute atomic E-state index is 0.293. The van der Waals surface area contributed by atoms with Gasteiger partial charge < -0.3 is 10.5 Å². The summed E-state index contributed by atoms with van der Waals surface area (Å²) in [4.78, 5) is 13.0. The number of nitrogens with zero attached hydrogens (tertiary/aromatic N) is 1. The molecule has 0 bridgehead atoms. The molecule has 2 aromatic rings. The first-order chi connectivity index (χ1) is 8.69. The van der Waals surface area contributed by atoms with Crippen LogP contribution < -0.4 is 10.0 Å². The van der Waals surface area contributed by atoms with E-state index in [4.69, 9.17) is 0 Å². The Balaban J connectivity index is 2.16. The first-order valence-corrected chi connectivity index (χ1v) is 6.56. The number of pyridine rings is 1. The van der Waals surface area contributed by atoms with Crippen molar-refractivity contribution in [2.45, 2.75) is 4.90 Å². The summed E-state index contributed by atoms with van der Waals surface area (Å²) in [7, 11) is 0. The number of aromatic nitrogens is 1. The third-order valence-corrected chi connectivity index (χ3v) is 3.09. The van der Waals surface area contributed by atoms with Gasteiger partial charge in [-0.1, -0.05) is 6.07 Å². The Morgan fingerprint density at radius 1 is 1.33 bits per heavy atom. The summed E-state index contributed by atoms with van der Waals surface area (Å²) >= 11 is 1.60. The summed E-state index contributed by atoms with van der Waals surface area (Å²) in [6, 6.07) is 10.7. The highest BCUT2D eigenvalue weighted by atomic mass is 32.2. The minimum atomic E-state index is -0.293. The number of hydrogen-bond acceptors (Lipinski definition) is 3. The molecular formula is C13H12N2O2S. The van der Waals surface area contributed by atoms with Crippen LogP contribution in [0.1, 0.15) is 10.4 Å². The van der Waals surface area contributed by atoms with Crippen LogP contribution in [0.15, 0.2) is 53.7 Å². The van der Waals surface area contributed by atoms with Crippen molar-refractivity contribution in [3.05, 3.63) is 59.6 Å². The van der Waals surface area contributed by atoms with E-state index in [1.54, 1.807) is 23.9 Å². The average molecular weight is 260 g/mol. The molecule has 5 heteroatoms. The van der Waals surface area contributed by atoms with Crippen LogP contribution in [0.5, 0.6) is 0 Å². The number of anilines is 1. The van der Waals surface area contributed by atoms with E-state index < -0.39 is 0 Å². The molecule has 92 valence electrons. The van der Waals surface area contributed by atoms with Gasteiger partial charge in [-0.05, 0) is 30.5 Å². The molecule has 1 aromatic heterocycles. The number of amides is 1. The van der Waals surface area contributed by atoms with Crippen molar-refractivity contribution in [1.29, 1.82) is 0 Å². The molecule has 1 N–H and O–H groups in total. The van der Waals surface area contributed by atoms with Gasteiger partial charge in [-0.3, -0.25) is 4.79 Å². The summed E-state index contributed by atoms with van der Waals surface area (Å²) in [5.41, 5.74) is 1.05. The lowest BCUT2D eigenvalue weighted by Crippen LogP contribution is -2.27. The van der Waals surface area contributed by atoms with E-state index in [0.29, 0.717) is 16.0 Å². The quantitative estimate of drug-likeness (QED) is 0.523. The van der Waals surface area contributed by atoms with Gasteiger partial charge in [0, 0.05) is 16.6 Å². The molecule has 0 aliphatic heterocycles. The van der Waals surface area contributed by atoms with Crippen LogP contribution in [-0.4, -0.2) is 12.2 Å². The summed E-state index contributed by atoms with van der Waals surface area (Å²) in [5.74, 6) is -0.293. The van der Waals surface area contributed by atoms with Crippen LogP contribution in [0, 0.1) is 5.21 Å². The molecule has 0 aliphatic rings. The molecule has 1 aromatic carbocycles. The third-order valence-electron chi connectivity index (χ3n) is 2.36. The maximum absolute atomic E-state index is 11.9. The highest BCUT2D eigenvalue weighted by Gasteiger charge is 2.08. The Morgan fingerprint density at radius 2 is 2.17 bits per heavy atom. The van der Waals surface area contributed by atoms with Crippen LogP contribution in [0.2, 0.25) is 0 Å². The van der Waals surface area contributed by atoms with E-state index in [1.807, 2.05) is 30.5 Å². The molecule has 0 atom stereocenters. The number of carbonyl (C=O) groups excluding carboxylic acids is 1. The van der Waals surface area contributed by atoms with Crippen molar-refractivity contribution < 1.29 is 9.52 Å². The molecule has 1 amide bonds. The summed E-state index contributed by atoms with van der Waals surface area (Å²) in [5, 5.41) is 13.8. The zero-order valence-corrected chi connectivity index (χ0v) is 10.6. The van der Waals surface area contributed by atoms with E-state index in [9.17, 15) is 10.0 Å². The fraction of sp³-hybridized carbons (Fsp3) is 0.0769. The molecule has 0 saturated carbocycles. The van der Waals surface area contributed by atoms with E-state index in [0.717, 1.165) is 4.90 Å². The number of thioether (sulfide) groups is 1. The van der Waals surface area contributed by atoms with Gasteiger partial charge in [0.15, 0.2) is 12.4 Å². The molecule has 0 saturated heterocycles. The van der Waals surface area contributed by atoms with Crippen LogP contribution in [0.3, 0.4) is 0 Å². The Morgan fingerprint density at radius 3 is 2.89 bits per heavy atom. The largest absolute Gasteiger partial charge is 0.619 e. The predicted octanol–water partition coefficient (Wildman–Crippen LogP) is 2.29. The zero-order valence-electron chi connectivity index (χ0n) is 9.79. The van der Waals surface area contributed by atoms with Crippen molar-refractivity contribution in [3.63, 3.8) is 0 Å². The molecule has 4 nitrogen and oxygen atoms in total. The van der Waals surface area contributed by atoms with Gasteiger partial charge in [0.25, 0.3) is 5.91 Å². The van der Waals surface area contributed by atoms with Gasteiger partial charge in [0.1, 0.15) is 5.56 Å². The first kappa shape index (κ1) is 12.4. The summed E-state index contributed by atoms with van der Waals surface area (Å²) in [6.07, 6.45) is 4.55. The van der Waals surface area contributed by atoms with Crippen molar-refractivity contribution >= 4 is 23.4 Å². The van der Waals surface area contributed by atoms with Gasteiger partial charge in [-0.15, -0.1) is 11.8 Å². The van der Waals surface area contributed by atoms with Crippen LogP contribution in [-0.2, 0) is 0 Å². The lowest BCUT2D eigenvalue weighted by atomic mass is 10.2. The molecule has 0 unspecified atom stereocenters. The Hall–Kier alpha value is -2.01. The van der Waals surface area contributed by atoms with Gasteiger partial charge in [-0.25, -0.2) is 0 Å². The SMILES string of the molecule is CSc1cccc(NC(=O)c2ccc[n+]([O-])c2)c1. The Bertz CT molecular complexity index is 572. The Kier molecular flexibility index (Phi) is 3.84. The third kappa shape index (κ3) is 3.01. The van der Waals surface area contributed by atoms with Crippen LogP contribution in [0.25, 0.3) is 0 Å². The van der Waals surface area contributed by atoms with Crippen molar-refractivity contribution in [2.75, 3.05) is 11.6 Å². The monoisotopic (exact) mass is 260 g/mol. The standard InChI is InChI=1S/C13H12N2O2S/c1-18-12-6-2-5-11(8-12)14-13(16)10-4-3-7-15(17)9-10/h2-9H,1H3,(H,14,16). The van der Waals surface area contributed by atoms with Crippen molar-refractivity contribution in [3.8, 4) is 0 Å². The average Bonchev–Trinajstić information content (AvgIpc) is 2.39. The molecule has 0 aliphatic carbocycles. The van der Waals surface area contributed by atoms with E-state index in [1.165, 1.54) is 12.4 Å². The number of rotatable bonds is 3. The number of nitrogens with one attached hydrogen (secondary N) is 1. The molecule has 1 heterocycles. The van der Waals surface area contributed by atoms with E-state index in [-0.39, 0.29) is 5.91 Å². The highest BCUT2D eigenvalue weighted by molar-refractivity contribution is 7.98. The predicted molar refractivity (Wildman–Crippen MR) is 71.6 cm³/mol. The second-order valence-electron chi connectivity index (χ2n) is 3.64. The molecule has 18 heavy (non-hydrogen) atoms. The summed E-state index contributed by atoms with van der Waals surface area (Å²) in [6.45, 7) is 0. The van der Waals surface area contributed by atoms with Crippen LogP contribution in [0.4, 0.5) is 5.69 Å². The van der Waals surface area contributed by atoms with Crippen molar-refractivity contribution in [2.24, 2.45) is 0 Å². The lowest BCUT2D eigenvalue weighted by Gasteiger charge is -2.06. The Labute approximate surface area is 109 Å². The molecule has 0 radical (unpaired) electrons. The van der Waals surface area contributed by atoms with E-state index >= 15 is 0 Å². The summed E-state index contributed by atoms with van der Waals surface area (Å²) < 4.78 is 0.604. The van der Waals surface area contributed by atoms with Gasteiger partial charge in [0.05, 0.1) is 0 Å². The maximum atomic E-state index is 11.9. The normalized spacial score (nSPS) is 10.1. The molecule has 2 rings (SSSR count). The number of carbonyl (C=O) groups is 1. The van der Waals surface area contributed by atoms with Gasteiger partial charge in [-0.2, -0.15) is 4.73 Å². The lowest BCUT2D eigenvalue weighted by molar-refractivity contribution is -0.605.